The molecule has 2 aromatic carbocycles. The number of rotatable bonds is 8. The van der Waals surface area contributed by atoms with Crippen LogP contribution in [0.2, 0.25) is 4.34 Å². The first-order valence-electron chi connectivity index (χ1n) is 11.9. The predicted molar refractivity (Wildman–Crippen MR) is 138 cm³/mol. The summed E-state index contributed by atoms with van der Waals surface area (Å²) in [5, 5.41) is 5.51. The van der Waals surface area contributed by atoms with Gasteiger partial charge in [0.1, 0.15) is 11.9 Å². The van der Waals surface area contributed by atoms with E-state index in [4.69, 9.17) is 11.6 Å². The Kier molecular flexibility index (Phi) is 6.91. The van der Waals surface area contributed by atoms with Crippen molar-refractivity contribution >= 4 is 40.4 Å². The molecular formula is C27H27ClFN3O2S. The molecule has 182 valence electrons. The highest BCUT2D eigenvalue weighted by Crippen LogP contribution is 2.49. The van der Waals surface area contributed by atoms with Crippen molar-refractivity contribution in [3.63, 3.8) is 0 Å². The minimum Gasteiger partial charge on any atom is -0.336 e. The zero-order valence-electron chi connectivity index (χ0n) is 19.2. The third kappa shape index (κ3) is 5.42. The summed E-state index contributed by atoms with van der Waals surface area (Å²) < 4.78 is 15.1. The second-order valence-electron chi connectivity index (χ2n) is 9.36. The third-order valence-corrected chi connectivity index (χ3v) is 8.12. The van der Waals surface area contributed by atoms with Gasteiger partial charge in [0.2, 0.25) is 0 Å². The van der Waals surface area contributed by atoms with E-state index < -0.39 is 23.7 Å². The Morgan fingerprint density at radius 2 is 1.74 bits per heavy atom. The van der Waals surface area contributed by atoms with Crippen LogP contribution in [0.25, 0.3) is 0 Å². The Labute approximate surface area is 213 Å². The van der Waals surface area contributed by atoms with Gasteiger partial charge in [-0.2, -0.15) is 0 Å². The lowest BCUT2D eigenvalue weighted by atomic mass is 9.95. The number of halogens is 2. The first kappa shape index (κ1) is 24.0. The third-order valence-electron chi connectivity index (χ3n) is 6.89. The van der Waals surface area contributed by atoms with Gasteiger partial charge in [0, 0.05) is 23.2 Å². The summed E-state index contributed by atoms with van der Waals surface area (Å²) in [6.45, 7) is 3.44. The Bertz CT molecular complexity index is 1220. The molecular weight excluding hydrogens is 485 g/mol. The number of nitrogens with one attached hydrogen (secondary N) is 2. The van der Waals surface area contributed by atoms with E-state index in [9.17, 15) is 14.0 Å². The van der Waals surface area contributed by atoms with Crippen molar-refractivity contribution in [3.8, 4) is 0 Å². The van der Waals surface area contributed by atoms with Crippen LogP contribution in [-0.2, 0) is 10.2 Å². The van der Waals surface area contributed by atoms with E-state index in [-0.39, 0.29) is 11.0 Å². The molecule has 5 nitrogen and oxygen atoms in total. The molecule has 1 saturated carbocycles. The Hall–Kier alpha value is -2.74. The Morgan fingerprint density at radius 3 is 2.37 bits per heavy atom. The largest absolute Gasteiger partial charge is 0.336 e. The van der Waals surface area contributed by atoms with Crippen LogP contribution in [0.4, 0.5) is 10.1 Å². The molecule has 2 heterocycles. The average molecular weight is 512 g/mol. The van der Waals surface area contributed by atoms with Gasteiger partial charge in [-0.3, -0.25) is 9.59 Å². The average Bonchev–Trinajstić information content (AvgIpc) is 3.22. The summed E-state index contributed by atoms with van der Waals surface area (Å²) in [6, 6.07) is 15.9. The summed E-state index contributed by atoms with van der Waals surface area (Å²) in [5.74, 6) is -1.57. The van der Waals surface area contributed by atoms with Gasteiger partial charge in [-0.1, -0.05) is 41.9 Å². The molecule has 0 spiro atoms. The summed E-state index contributed by atoms with van der Waals surface area (Å²) in [6.07, 6.45) is 4.92. The van der Waals surface area contributed by atoms with Gasteiger partial charge in [-0.05, 0) is 74.7 Å². The van der Waals surface area contributed by atoms with Crippen LogP contribution in [0.15, 0.2) is 60.7 Å². The number of hydrogen-bond acceptors (Lipinski definition) is 4. The number of nitrogens with zero attached hydrogens (tertiary/aromatic N) is 1. The Morgan fingerprint density at radius 1 is 1.03 bits per heavy atom. The molecule has 1 aliphatic carbocycles. The highest BCUT2D eigenvalue weighted by Gasteiger charge is 2.45. The van der Waals surface area contributed by atoms with Gasteiger partial charge in [-0.15, -0.1) is 11.3 Å². The number of amides is 2. The molecule has 1 aliphatic heterocycles. The van der Waals surface area contributed by atoms with Gasteiger partial charge < -0.3 is 15.5 Å². The molecule has 2 amide bonds. The molecule has 0 bridgehead atoms. The Balaban J connectivity index is 1.31. The van der Waals surface area contributed by atoms with Gasteiger partial charge in [0.15, 0.2) is 0 Å². The predicted octanol–water partition coefficient (Wildman–Crippen LogP) is 5.78. The van der Waals surface area contributed by atoms with Crippen molar-refractivity contribution in [2.24, 2.45) is 0 Å². The lowest BCUT2D eigenvalue weighted by Gasteiger charge is -2.24. The number of anilines is 1. The monoisotopic (exact) mass is 511 g/mol. The van der Waals surface area contributed by atoms with Crippen molar-refractivity contribution < 1.29 is 14.0 Å². The highest BCUT2D eigenvalue weighted by molar-refractivity contribution is 7.18. The minimum atomic E-state index is -1.20. The number of thiophene rings is 1. The molecule has 0 radical (unpaired) electrons. The maximum atomic E-state index is 14.6. The zero-order chi connectivity index (χ0) is 24.4. The van der Waals surface area contributed by atoms with Crippen LogP contribution < -0.4 is 10.6 Å². The van der Waals surface area contributed by atoms with Gasteiger partial charge in [0.05, 0.1) is 9.21 Å². The van der Waals surface area contributed by atoms with E-state index in [1.54, 1.807) is 24.3 Å². The molecule has 1 aromatic heterocycles. The van der Waals surface area contributed by atoms with Crippen molar-refractivity contribution in [1.29, 1.82) is 0 Å². The fraction of sp³-hybridized carbons (Fsp3) is 0.333. The topological polar surface area (TPSA) is 61.4 Å². The van der Waals surface area contributed by atoms with E-state index in [0.29, 0.717) is 14.9 Å². The molecule has 1 saturated heterocycles. The lowest BCUT2D eigenvalue weighted by Crippen LogP contribution is -2.37. The second-order valence-corrected chi connectivity index (χ2v) is 11.1. The normalized spacial score (nSPS) is 17.7. The van der Waals surface area contributed by atoms with Crippen LogP contribution in [0.3, 0.4) is 0 Å². The molecule has 35 heavy (non-hydrogen) atoms. The lowest BCUT2D eigenvalue weighted by molar-refractivity contribution is -0.118. The summed E-state index contributed by atoms with van der Waals surface area (Å²) >= 11 is 7.04. The number of carbonyl (C=O) groups is 2. The van der Waals surface area contributed by atoms with E-state index >= 15 is 0 Å². The summed E-state index contributed by atoms with van der Waals surface area (Å²) in [4.78, 5) is 28.9. The van der Waals surface area contributed by atoms with E-state index in [1.165, 1.54) is 56.5 Å². The fourth-order valence-electron chi connectivity index (χ4n) is 4.81. The van der Waals surface area contributed by atoms with Crippen molar-refractivity contribution in [3.05, 3.63) is 86.8 Å². The second kappa shape index (κ2) is 10.1. The van der Waals surface area contributed by atoms with Crippen LogP contribution in [-0.4, -0.2) is 36.3 Å². The van der Waals surface area contributed by atoms with E-state index in [0.717, 1.165) is 17.9 Å². The molecule has 8 heteroatoms. The molecule has 5 rings (SSSR count). The quantitative estimate of drug-likeness (QED) is 0.403. The molecule has 2 N–H and O–H groups in total. The first-order valence-corrected chi connectivity index (χ1v) is 13.1. The SMILES string of the molecule is O=C(NC(C(=O)Nc1ccc(C2(CN3CCCC3)CC2)cc1)c1ccccc1F)c1ccc(Cl)s1. The number of hydrogen-bond donors (Lipinski definition) is 2. The van der Waals surface area contributed by atoms with Crippen molar-refractivity contribution in [2.45, 2.75) is 37.1 Å². The standard InChI is InChI=1S/C27H27ClFN3O2S/c28-23-12-11-22(35-23)25(33)31-24(20-5-1-2-6-21(20)29)26(34)30-19-9-7-18(8-10-19)27(13-14-27)17-32-15-3-4-16-32/h1-2,5-12,24H,3-4,13-17H2,(H,30,34)(H,31,33). The highest BCUT2D eigenvalue weighted by atomic mass is 35.5. The van der Waals surface area contributed by atoms with Crippen LogP contribution in [0, 0.1) is 5.82 Å². The maximum absolute atomic E-state index is 14.6. The number of likely N-dealkylation sites (tertiary alicyclic amines) is 1. The molecule has 2 fully saturated rings. The van der Waals surface area contributed by atoms with Gasteiger partial charge in [0.25, 0.3) is 11.8 Å². The molecule has 1 unspecified atom stereocenters. The fourth-order valence-corrected chi connectivity index (χ4v) is 5.76. The smallest absolute Gasteiger partial charge is 0.262 e. The number of carbonyl (C=O) groups excluding carboxylic acids is 2. The summed E-state index contributed by atoms with van der Waals surface area (Å²) in [7, 11) is 0. The molecule has 3 aromatic rings. The van der Waals surface area contributed by atoms with Gasteiger partial charge >= 0.3 is 0 Å². The first-order chi connectivity index (χ1) is 16.9. The van der Waals surface area contributed by atoms with E-state index in [1.807, 2.05) is 12.1 Å². The van der Waals surface area contributed by atoms with Crippen molar-refractivity contribution in [2.75, 3.05) is 25.0 Å². The van der Waals surface area contributed by atoms with E-state index in [2.05, 4.69) is 27.7 Å². The van der Waals surface area contributed by atoms with Crippen molar-refractivity contribution in [1.82, 2.24) is 10.2 Å². The summed E-state index contributed by atoms with van der Waals surface area (Å²) in [5.41, 5.74) is 2.21. The van der Waals surface area contributed by atoms with Crippen LogP contribution in [0.5, 0.6) is 0 Å². The molecule has 1 atom stereocenters. The molecule has 2 aliphatic rings. The maximum Gasteiger partial charge on any atom is 0.262 e. The minimum absolute atomic E-state index is 0.0974. The zero-order valence-corrected chi connectivity index (χ0v) is 20.8. The van der Waals surface area contributed by atoms with Crippen LogP contribution in [0.1, 0.15) is 52.5 Å². The number of benzene rings is 2. The van der Waals surface area contributed by atoms with Crippen LogP contribution >= 0.6 is 22.9 Å². The van der Waals surface area contributed by atoms with Gasteiger partial charge in [-0.25, -0.2) is 4.39 Å².